The zero-order valence-electron chi connectivity index (χ0n) is 7.03. The maximum absolute atomic E-state index is 11.1. The van der Waals surface area contributed by atoms with Crippen molar-refractivity contribution in [3.63, 3.8) is 0 Å². The largest absolute Gasteiger partial charge is 0.469 e. The lowest BCUT2D eigenvalue weighted by Crippen LogP contribution is -2.19. The maximum Gasteiger partial charge on any atom is 0.310 e. The van der Waals surface area contributed by atoms with E-state index in [0.29, 0.717) is 0 Å². The van der Waals surface area contributed by atoms with E-state index in [1.54, 1.807) is 0 Å². The van der Waals surface area contributed by atoms with Gasteiger partial charge in [0.25, 0.3) is 5.56 Å². The number of anilines is 1. The summed E-state index contributed by atoms with van der Waals surface area (Å²) in [4.78, 5) is 27.8. The molecule has 1 heterocycles. The van der Waals surface area contributed by atoms with Gasteiger partial charge in [0.05, 0.1) is 13.5 Å². The van der Waals surface area contributed by atoms with Gasteiger partial charge >= 0.3 is 5.97 Å². The maximum atomic E-state index is 11.1. The highest BCUT2D eigenvalue weighted by Crippen LogP contribution is 1.93. The van der Waals surface area contributed by atoms with E-state index < -0.39 is 11.5 Å². The fourth-order valence-corrected chi connectivity index (χ4v) is 0.789. The normalized spacial score (nSPS) is 9.62. The zero-order chi connectivity index (χ0) is 9.84. The molecule has 0 atom stereocenters. The number of nitrogen functional groups attached to an aromatic ring is 1. The Morgan fingerprint density at radius 1 is 1.77 bits per heavy atom. The van der Waals surface area contributed by atoms with E-state index in [4.69, 9.17) is 5.73 Å². The quantitative estimate of drug-likeness (QED) is 0.577. The number of hydrogen-bond acceptors (Lipinski definition) is 5. The topological polar surface area (TPSA) is 98.1 Å². The molecule has 1 aromatic rings. The molecule has 0 radical (unpaired) electrons. The molecule has 0 aliphatic carbocycles. The van der Waals surface area contributed by atoms with Gasteiger partial charge in [0.2, 0.25) is 0 Å². The number of esters is 1. The van der Waals surface area contributed by atoms with Gasteiger partial charge in [0, 0.05) is 11.8 Å². The van der Waals surface area contributed by atoms with Crippen molar-refractivity contribution in [1.29, 1.82) is 0 Å². The number of nitrogens with two attached hydrogens (primary N) is 1. The van der Waals surface area contributed by atoms with Gasteiger partial charge in [-0.2, -0.15) is 0 Å². The van der Waals surface area contributed by atoms with Crippen molar-refractivity contribution in [3.8, 4) is 0 Å². The SMILES string of the molecule is COC(=O)Cc1cnc(N)[nH]c1=O. The Morgan fingerprint density at radius 3 is 3.00 bits per heavy atom. The summed E-state index contributed by atoms with van der Waals surface area (Å²) in [7, 11) is 1.25. The Bertz CT molecular complexity index is 371. The molecule has 0 aromatic carbocycles. The number of carbonyl (C=O) groups excluding carboxylic acids is 1. The van der Waals surface area contributed by atoms with Gasteiger partial charge in [-0.25, -0.2) is 4.98 Å². The average molecular weight is 183 g/mol. The number of H-pyrrole nitrogens is 1. The number of aromatic amines is 1. The van der Waals surface area contributed by atoms with E-state index in [9.17, 15) is 9.59 Å². The average Bonchev–Trinajstić information content (AvgIpc) is 2.09. The summed E-state index contributed by atoms with van der Waals surface area (Å²) in [6, 6.07) is 0. The van der Waals surface area contributed by atoms with Crippen LogP contribution in [0, 0.1) is 0 Å². The second kappa shape index (κ2) is 3.70. The number of hydrogen-bond donors (Lipinski definition) is 2. The van der Waals surface area contributed by atoms with Gasteiger partial charge in [-0.05, 0) is 0 Å². The van der Waals surface area contributed by atoms with Crippen LogP contribution in [0.4, 0.5) is 5.95 Å². The summed E-state index contributed by atoms with van der Waals surface area (Å²) in [6.07, 6.45) is 1.16. The van der Waals surface area contributed by atoms with Crippen LogP contribution in [-0.4, -0.2) is 23.0 Å². The molecule has 1 aromatic heterocycles. The minimum absolute atomic E-state index is 0.0265. The summed E-state index contributed by atoms with van der Waals surface area (Å²) in [5.74, 6) is -0.462. The summed E-state index contributed by atoms with van der Waals surface area (Å²) in [5, 5.41) is 0. The Morgan fingerprint density at radius 2 is 2.46 bits per heavy atom. The molecule has 0 aliphatic rings. The van der Waals surface area contributed by atoms with Crippen LogP contribution in [0.1, 0.15) is 5.56 Å². The first-order chi connectivity index (χ1) is 6.13. The van der Waals surface area contributed by atoms with E-state index in [0.717, 1.165) is 0 Å². The molecule has 1 rings (SSSR count). The molecular formula is C7H9N3O3. The lowest BCUT2D eigenvalue weighted by atomic mass is 10.2. The standard InChI is InChI=1S/C7H9N3O3/c1-13-5(11)2-4-3-9-7(8)10-6(4)12/h3H,2H2,1H3,(H3,8,9,10,12). The number of methoxy groups -OCH3 is 1. The van der Waals surface area contributed by atoms with Gasteiger partial charge < -0.3 is 10.5 Å². The molecule has 0 unspecified atom stereocenters. The van der Waals surface area contributed by atoms with Crippen LogP contribution in [0.5, 0.6) is 0 Å². The van der Waals surface area contributed by atoms with Crippen molar-refractivity contribution in [1.82, 2.24) is 9.97 Å². The van der Waals surface area contributed by atoms with E-state index >= 15 is 0 Å². The first-order valence-electron chi connectivity index (χ1n) is 3.54. The minimum Gasteiger partial charge on any atom is -0.469 e. The molecule has 0 saturated heterocycles. The van der Waals surface area contributed by atoms with Crippen LogP contribution >= 0.6 is 0 Å². The second-order valence-electron chi connectivity index (χ2n) is 2.38. The second-order valence-corrected chi connectivity index (χ2v) is 2.38. The number of nitrogens with zero attached hydrogens (tertiary/aromatic N) is 1. The van der Waals surface area contributed by atoms with Crippen molar-refractivity contribution in [2.24, 2.45) is 0 Å². The molecule has 0 spiro atoms. The monoisotopic (exact) mass is 183 g/mol. The summed E-state index contributed by atoms with van der Waals surface area (Å²) >= 11 is 0. The number of carbonyl (C=O) groups is 1. The first-order valence-corrected chi connectivity index (χ1v) is 3.54. The highest BCUT2D eigenvalue weighted by atomic mass is 16.5. The number of rotatable bonds is 2. The molecule has 13 heavy (non-hydrogen) atoms. The zero-order valence-corrected chi connectivity index (χ0v) is 7.03. The minimum atomic E-state index is -0.489. The third-order valence-electron chi connectivity index (χ3n) is 1.46. The smallest absolute Gasteiger partial charge is 0.310 e. The van der Waals surface area contributed by atoms with Crippen molar-refractivity contribution >= 4 is 11.9 Å². The molecule has 0 aliphatic heterocycles. The van der Waals surface area contributed by atoms with Crippen molar-refractivity contribution in [2.45, 2.75) is 6.42 Å². The van der Waals surface area contributed by atoms with E-state index in [-0.39, 0.29) is 17.9 Å². The van der Waals surface area contributed by atoms with Crippen LogP contribution in [0.3, 0.4) is 0 Å². The van der Waals surface area contributed by atoms with Gasteiger partial charge in [-0.15, -0.1) is 0 Å². The van der Waals surface area contributed by atoms with Crippen LogP contribution in [0.25, 0.3) is 0 Å². The van der Waals surface area contributed by atoms with Crippen molar-refractivity contribution in [3.05, 3.63) is 22.1 Å². The van der Waals surface area contributed by atoms with Crippen LogP contribution in [0.15, 0.2) is 11.0 Å². The molecule has 0 saturated carbocycles. The summed E-state index contributed by atoms with van der Waals surface area (Å²) in [6.45, 7) is 0. The summed E-state index contributed by atoms with van der Waals surface area (Å²) in [5.41, 5.74) is 5.03. The molecule has 6 nitrogen and oxygen atoms in total. The van der Waals surface area contributed by atoms with Crippen molar-refractivity contribution < 1.29 is 9.53 Å². The van der Waals surface area contributed by atoms with Gasteiger partial charge in [-0.3, -0.25) is 14.6 Å². The first kappa shape index (κ1) is 9.24. The third-order valence-corrected chi connectivity index (χ3v) is 1.46. The Hall–Kier alpha value is -1.85. The highest BCUT2D eigenvalue weighted by Gasteiger charge is 2.07. The van der Waals surface area contributed by atoms with Gasteiger partial charge in [0.15, 0.2) is 5.95 Å². The van der Waals surface area contributed by atoms with Gasteiger partial charge in [0.1, 0.15) is 0 Å². The van der Waals surface area contributed by atoms with Gasteiger partial charge in [-0.1, -0.05) is 0 Å². The molecule has 0 fully saturated rings. The Kier molecular flexibility index (Phi) is 2.63. The fraction of sp³-hybridized carbons (Fsp3) is 0.286. The lowest BCUT2D eigenvalue weighted by Gasteiger charge is -1.98. The molecule has 6 heteroatoms. The predicted molar refractivity (Wildman–Crippen MR) is 45.0 cm³/mol. The van der Waals surface area contributed by atoms with E-state index in [2.05, 4.69) is 14.7 Å². The third kappa shape index (κ3) is 2.29. The summed E-state index contributed by atoms with van der Waals surface area (Å²) < 4.78 is 4.39. The van der Waals surface area contributed by atoms with Crippen LogP contribution in [-0.2, 0) is 16.0 Å². The fourth-order valence-electron chi connectivity index (χ4n) is 0.789. The molecular weight excluding hydrogens is 174 g/mol. The number of nitrogens with one attached hydrogen (secondary N) is 1. The Labute approximate surface area is 73.7 Å². The predicted octanol–water partition coefficient (Wildman–Crippen LogP) is -0.932. The lowest BCUT2D eigenvalue weighted by molar-refractivity contribution is -0.139. The van der Waals surface area contributed by atoms with E-state index in [1.807, 2.05) is 0 Å². The highest BCUT2D eigenvalue weighted by molar-refractivity contribution is 5.72. The van der Waals surface area contributed by atoms with Crippen LogP contribution in [0.2, 0.25) is 0 Å². The molecule has 70 valence electrons. The van der Waals surface area contributed by atoms with Crippen LogP contribution < -0.4 is 11.3 Å². The Balaban J connectivity index is 2.90. The molecule has 3 N–H and O–H groups in total. The number of ether oxygens (including phenoxy) is 1. The molecule has 0 amide bonds. The van der Waals surface area contributed by atoms with Crippen molar-refractivity contribution in [2.75, 3.05) is 12.8 Å². The molecule has 0 bridgehead atoms. The number of aromatic nitrogens is 2. The van der Waals surface area contributed by atoms with E-state index in [1.165, 1.54) is 13.3 Å².